The molecule has 16 heavy (non-hydrogen) atoms. The van der Waals surface area contributed by atoms with Crippen LogP contribution in [0.2, 0.25) is 0 Å². The third-order valence-corrected chi connectivity index (χ3v) is 3.07. The molecule has 0 radical (unpaired) electrons. The van der Waals surface area contributed by atoms with E-state index in [4.69, 9.17) is 9.47 Å². The van der Waals surface area contributed by atoms with Crippen LogP contribution in [0.3, 0.4) is 0 Å². The van der Waals surface area contributed by atoms with E-state index in [1.807, 2.05) is 11.4 Å². The molecule has 1 rings (SSSR count). The molecule has 0 bridgehead atoms. The van der Waals surface area contributed by atoms with Crippen molar-refractivity contribution in [2.75, 3.05) is 40.5 Å². The summed E-state index contributed by atoms with van der Waals surface area (Å²) in [7, 11) is 3.42. The van der Waals surface area contributed by atoms with E-state index in [0.717, 1.165) is 38.5 Å². The molecule has 0 saturated carbocycles. The van der Waals surface area contributed by atoms with Crippen molar-refractivity contribution < 1.29 is 9.47 Å². The minimum absolute atomic E-state index is 0.763. The standard InChI is InChI=1S/C11H20N2O2S/c1-14-7-6-12-4-5-13-9-11-10(15-2)3-8-16-11/h3,8,12-13H,4-7,9H2,1-2H3. The number of rotatable bonds is 9. The van der Waals surface area contributed by atoms with Gasteiger partial charge < -0.3 is 20.1 Å². The molecule has 0 saturated heterocycles. The van der Waals surface area contributed by atoms with Gasteiger partial charge in [-0.25, -0.2) is 0 Å². The Morgan fingerprint density at radius 1 is 1.19 bits per heavy atom. The Balaban J connectivity index is 2.03. The summed E-state index contributed by atoms with van der Waals surface area (Å²) in [5, 5.41) is 8.69. The van der Waals surface area contributed by atoms with E-state index in [2.05, 4.69) is 10.6 Å². The Bertz CT molecular complexity index is 279. The van der Waals surface area contributed by atoms with Gasteiger partial charge in [-0.2, -0.15) is 0 Å². The second kappa shape index (κ2) is 8.52. The van der Waals surface area contributed by atoms with Gasteiger partial charge in [-0.15, -0.1) is 11.3 Å². The molecule has 0 aliphatic rings. The van der Waals surface area contributed by atoms with Gasteiger partial charge in [0.25, 0.3) is 0 Å². The summed E-state index contributed by atoms with van der Waals surface area (Å²) in [4.78, 5) is 1.25. The molecule has 1 aromatic heterocycles. The fourth-order valence-corrected chi connectivity index (χ4v) is 2.13. The zero-order valence-electron chi connectivity index (χ0n) is 9.91. The molecular weight excluding hydrogens is 224 g/mol. The van der Waals surface area contributed by atoms with E-state index in [-0.39, 0.29) is 0 Å². The van der Waals surface area contributed by atoms with Crippen molar-refractivity contribution in [1.82, 2.24) is 10.6 Å². The van der Waals surface area contributed by atoms with Crippen molar-refractivity contribution in [3.63, 3.8) is 0 Å². The number of ether oxygens (including phenoxy) is 2. The minimum atomic E-state index is 0.763. The van der Waals surface area contributed by atoms with E-state index in [1.54, 1.807) is 25.6 Å². The third-order valence-electron chi connectivity index (χ3n) is 2.17. The molecule has 0 amide bonds. The smallest absolute Gasteiger partial charge is 0.134 e. The molecule has 1 aromatic rings. The first-order valence-electron chi connectivity index (χ1n) is 5.39. The normalized spacial score (nSPS) is 10.6. The second-order valence-corrected chi connectivity index (χ2v) is 4.33. The largest absolute Gasteiger partial charge is 0.496 e. The Labute approximate surface area is 101 Å². The van der Waals surface area contributed by atoms with Crippen molar-refractivity contribution in [2.45, 2.75) is 6.54 Å². The highest BCUT2D eigenvalue weighted by atomic mass is 32.1. The lowest BCUT2D eigenvalue weighted by Crippen LogP contribution is -2.29. The Morgan fingerprint density at radius 2 is 2.00 bits per heavy atom. The molecule has 92 valence electrons. The fourth-order valence-electron chi connectivity index (χ4n) is 1.32. The average Bonchev–Trinajstić information content (AvgIpc) is 2.75. The van der Waals surface area contributed by atoms with E-state index in [0.29, 0.717) is 0 Å². The van der Waals surface area contributed by atoms with Gasteiger partial charge >= 0.3 is 0 Å². The Hall–Kier alpha value is -0.620. The molecule has 0 unspecified atom stereocenters. The van der Waals surface area contributed by atoms with Crippen molar-refractivity contribution in [1.29, 1.82) is 0 Å². The third kappa shape index (κ3) is 4.94. The van der Waals surface area contributed by atoms with Crippen LogP contribution in [-0.2, 0) is 11.3 Å². The molecule has 0 spiro atoms. The van der Waals surface area contributed by atoms with Crippen molar-refractivity contribution in [2.24, 2.45) is 0 Å². The van der Waals surface area contributed by atoms with Crippen LogP contribution in [0.25, 0.3) is 0 Å². The van der Waals surface area contributed by atoms with Crippen molar-refractivity contribution >= 4 is 11.3 Å². The minimum Gasteiger partial charge on any atom is -0.496 e. The maximum Gasteiger partial charge on any atom is 0.134 e. The number of nitrogens with one attached hydrogen (secondary N) is 2. The predicted octanol–water partition coefficient (Wildman–Crippen LogP) is 1.08. The number of hydrogen-bond donors (Lipinski definition) is 2. The van der Waals surface area contributed by atoms with E-state index in [9.17, 15) is 0 Å². The van der Waals surface area contributed by atoms with Crippen LogP contribution in [0.5, 0.6) is 5.75 Å². The topological polar surface area (TPSA) is 42.5 Å². The van der Waals surface area contributed by atoms with Gasteiger partial charge in [-0.05, 0) is 11.4 Å². The van der Waals surface area contributed by atoms with Crippen LogP contribution in [0.4, 0.5) is 0 Å². The summed E-state index contributed by atoms with van der Waals surface area (Å²) in [6.07, 6.45) is 0. The highest BCUT2D eigenvalue weighted by molar-refractivity contribution is 7.10. The summed E-state index contributed by atoms with van der Waals surface area (Å²) in [6.45, 7) is 4.44. The molecule has 0 atom stereocenters. The maximum absolute atomic E-state index is 5.23. The first-order chi connectivity index (χ1) is 7.88. The first kappa shape index (κ1) is 13.4. The van der Waals surface area contributed by atoms with Crippen LogP contribution < -0.4 is 15.4 Å². The zero-order chi connectivity index (χ0) is 11.6. The highest BCUT2D eigenvalue weighted by Gasteiger charge is 2.02. The van der Waals surface area contributed by atoms with Gasteiger partial charge in [0.05, 0.1) is 18.6 Å². The summed E-state index contributed by atoms with van der Waals surface area (Å²) in [6, 6.07) is 2.00. The predicted molar refractivity (Wildman–Crippen MR) is 67.3 cm³/mol. The number of methoxy groups -OCH3 is 2. The maximum atomic E-state index is 5.23. The summed E-state index contributed by atoms with van der Waals surface area (Å²) in [5.41, 5.74) is 0. The van der Waals surface area contributed by atoms with Gasteiger partial charge in [0.15, 0.2) is 0 Å². The molecule has 0 aliphatic heterocycles. The van der Waals surface area contributed by atoms with Crippen LogP contribution >= 0.6 is 11.3 Å². The summed E-state index contributed by atoms with van der Waals surface area (Å²) < 4.78 is 10.2. The van der Waals surface area contributed by atoms with E-state index >= 15 is 0 Å². The van der Waals surface area contributed by atoms with E-state index in [1.165, 1.54) is 4.88 Å². The molecule has 5 heteroatoms. The van der Waals surface area contributed by atoms with Gasteiger partial charge in [0.1, 0.15) is 5.75 Å². The van der Waals surface area contributed by atoms with Crippen molar-refractivity contribution in [3.8, 4) is 5.75 Å². The van der Waals surface area contributed by atoms with Gasteiger partial charge in [0, 0.05) is 33.3 Å². The van der Waals surface area contributed by atoms with Gasteiger partial charge in [-0.3, -0.25) is 0 Å². The number of hydrogen-bond acceptors (Lipinski definition) is 5. The highest BCUT2D eigenvalue weighted by Crippen LogP contribution is 2.23. The SMILES string of the molecule is COCCNCCNCc1sccc1OC. The lowest BCUT2D eigenvalue weighted by Gasteiger charge is -2.06. The molecule has 4 nitrogen and oxygen atoms in total. The van der Waals surface area contributed by atoms with Gasteiger partial charge in [-0.1, -0.05) is 0 Å². The quantitative estimate of drug-likeness (QED) is 0.638. The average molecular weight is 244 g/mol. The van der Waals surface area contributed by atoms with Crippen LogP contribution in [0.15, 0.2) is 11.4 Å². The monoisotopic (exact) mass is 244 g/mol. The zero-order valence-corrected chi connectivity index (χ0v) is 10.7. The lowest BCUT2D eigenvalue weighted by atomic mass is 10.4. The fraction of sp³-hybridized carbons (Fsp3) is 0.636. The summed E-state index contributed by atoms with van der Waals surface area (Å²) >= 11 is 1.72. The molecule has 0 fully saturated rings. The summed E-state index contributed by atoms with van der Waals surface area (Å²) in [5.74, 6) is 0.977. The van der Waals surface area contributed by atoms with Crippen LogP contribution in [0, 0.1) is 0 Å². The molecular formula is C11H20N2O2S. The first-order valence-corrected chi connectivity index (χ1v) is 6.27. The molecule has 1 heterocycles. The van der Waals surface area contributed by atoms with E-state index < -0.39 is 0 Å². The Morgan fingerprint density at radius 3 is 2.75 bits per heavy atom. The molecule has 0 aliphatic carbocycles. The van der Waals surface area contributed by atoms with Gasteiger partial charge in [0.2, 0.25) is 0 Å². The van der Waals surface area contributed by atoms with Crippen LogP contribution in [0.1, 0.15) is 4.88 Å². The second-order valence-electron chi connectivity index (χ2n) is 3.33. The Kier molecular flexibility index (Phi) is 7.16. The number of thiophene rings is 1. The molecule has 2 N–H and O–H groups in total. The molecule has 0 aromatic carbocycles. The van der Waals surface area contributed by atoms with Crippen LogP contribution in [-0.4, -0.2) is 40.5 Å². The lowest BCUT2D eigenvalue weighted by molar-refractivity contribution is 0.199. The van der Waals surface area contributed by atoms with Crippen molar-refractivity contribution in [3.05, 3.63) is 16.3 Å².